The van der Waals surface area contributed by atoms with E-state index in [9.17, 15) is 9.50 Å². The number of hydrogen-bond acceptors (Lipinski definition) is 4. The maximum Gasteiger partial charge on any atom is 0.126 e. The van der Waals surface area contributed by atoms with Crippen molar-refractivity contribution in [1.82, 2.24) is 9.88 Å². The largest absolute Gasteiger partial charge is 0.388 e. The molecule has 0 amide bonds. The van der Waals surface area contributed by atoms with Crippen molar-refractivity contribution in [3.8, 4) is 0 Å². The molecule has 0 aliphatic heterocycles. The normalized spacial score (nSPS) is 12.9. The summed E-state index contributed by atoms with van der Waals surface area (Å²) in [6.07, 6.45) is -0.0539. The van der Waals surface area contributed by atoms with Crippen molar-refractivity contribution < 1.29 is 9.50 Å². The summed E-state index contributed by atoms with van der Waals surface area (Å²) in [6, 6.07) is 4.92. The van der Waals surface area contributed by atoms with Gasteiger partial charge in [0.25, 0.3) is 0 Å². The second-order valence-corrected chi connectivity index (χ2v) is 6.35. The van der Waals surface area contributed by atoms with Crippen LogP contribution >= 0.6 is 11.3 Å². The van der Waals surface area contributed by atoms with Gasteiger partial charge in [-0.15, -0.1) is 11.3 Å². The lowest BCUT2D eigenvalue weighted by atomic mass is 10.0. The highest BCUT2D eigenvalue weighted by molar-refractivity contribution is 7.09. The van der Waals surface area contributed by atoms with E-state index < -0.39 is 6.10 Å². The zero-order chi connectivity index (χ0) is 15.4. The number of aliphatic hydroxyl groups is 1. The highest BCUT2D eigenvalue weighted by Crippen LogP contribution is 2.20. The standard InChI is InChI=1S/C16H21FN2OS/c1-11-4-5-13(8-14(11)17)15(20)6-7-19(3)9-16-12(2)18-10-21-16/h4-5,8,10,15,20H,6-7,9H2,1-3H3. The van der Waals surface area contributed by atoms with Crippen LogP contribution in [-0.4, -0.2) is 28.6 Å². The topological polar surface area (TPSA) is 36.4 Å². The van der Waals surface area contributed by atoms with Crippen LogP contribution in [0.4, 0.5) is 4.39 Å². The minimum Gasteiger partial charge on any atom is -0.388 e. The molecule has 0 saturated heterocycles. The summed E-state index contributed by atoms with van der Waals surface area (Å²) in [6.45, 7) is 5.29. The van der Waals surface area contributed by atoms with Crippen LogP contribution in [-0.2, 0) is 6.54 Å². The van der Waals surface area contributed by atoms with Crippen LogP contribution in [0.3, 0.4) is 0 Å². The zero-order valence-electron chi connectivity index (χ0n) is 12.6. The van der Waals surface area contributed by atoms with Gasteiger partial charge < -0.3 is 10.0 Å². The Bertz CT molecular complexity index is 600. The van der Waals surface area contributed by atoms with Crippen molar-refractivity contribution in [2.75, 3.05) is 13.6 Å². The Balaban J connectivity index is 1.87. The second-order valence-electron chi connectivity index (χ2n) is 5.41. The summed E-state index contributed by atoms with van der Waals surface area (Å²) in [4.78, 5) is 7.62. The number of aryl methyl sites for hydroxylation is 2. The summed E-state index contributed by atoms with van der Waals surface area (Å²) >= 11 is 1.65. The molecule has 1 unspecified atom stereocenters. The van der Waals surface area contributed by atoms with Gasteiger partial charge in [-0.3, -0.25) is 0 Å². The van der Waals surface area contributed by atoms with E-state index in [0.29, 0.717) is 17.5 Å². The van der Waals surface area contributed by atoms with Gasteiger partial charge in [0.2, 0.25) is 0 Å². The summed E-state index contributed by atoms with van der Waals surface area (Å²) < 4.78 is 13.5. The fourth-order valence-corrected chi connectivity index (χ4v) is 2.98. The monoisotopic (exact) mass is 308 g/mol. The van der Waals surface area contributed by atoms with Gasteiger partial charge in [0, 0.05) is 18.0 Å². The molecule has 1 heterocycles. The van der Waals surface area contributed by atoms with Crippen molar-refractivity contribution in [2.24, 2.45) is 0 Å². The van der Waals surface area contributed by atoms with Crippen molar-refractivity contribution in [1.29, 1.82) is 0 Å². The third-order valence-corrected chi connectivity index (χ3v) is 4.54. The van der Waals surface area contributed by atoms with E-state index in [-0.39, 0.29) is 5.82 Å². The minimum atomic E-state index is -0.634. The Morgan fingerprint density at radius 2 is 2.14 bits per heavy atom. The van der Waals surface area contributed by atoms with Crippen molar-refractivity contribution in [3.05, 3.63) is 51.2 Å². The number of halogens is 1. The molecule has 0 spiro atoms. The van der Waals surface area contributed by atoms with Gasteiger partial charge >= 0.3 is 0 Å². The van der Waals surface area contributed by atoms with Gasteiger partial charge in [-0.05, 0) is 44.5 Å². The molecule has 114 valence electrons. The van der Waals surface area contributed by atoms with Crippen LogP contribution in [0.25, 0.3) is 0 Å². The average Bonchev–Trinajstić information content (AvgIpc) is 2.84. The molecule has 0 bridgehead atoms. The Kier molecular flexibility index (Phi) is 5.45. The van der Waals surface area contributed by atoms with E-state index in [2.05, 4.69) is 9.88 Å². The molecule has 1 aromatic heterocycles. The van der Waals surface area contributed by atoms with Crippen molar-refractivity contribution in [2.45, 2.75) is 32.9 Å². The molecule has 1 N–H and O–H groups in total. The lowest BCUT2D eigenvalue weighted by Gasteiger charge is -2.19. The van der Waals surface area contributed by atoms with Crippen molar-refractivity contribution in [3.63, 3.8) is 0 Å². The van der Waals surface area contributed by atoms with Crippen LogP contribution in [0.15, 0.2) is 23.7 Å². The van der Waals surface area contributed by atoms with E-state index in [1.807, 2.05) is 19.5 Å². The first kappa shape index (κ1) is 16.1. The number of nitrogens with zero attached hydrogens (tertiary/aromatic N) is 2. The van der Waals surface area contributed by atoms with Crippen LogP contribution in [0.2, 0.25) is 0 Å². The number of thiazole rings is 1. The quantitative estimate of drug-likeness (QED) is 0.888. The zero-order valence-corrected chi connectivity index (χ0v) is 13.5. The van der Waals surface area contributed by atoms with Gasteiger partial charge in [0.05, 0.1) is 17.3 Å². The first-order chi connectivity index (χ1) is 9.97. The van der Waals surface area contributed by atoms with E-state index in [0.717, 1.165) is 18.8 Å². The molecule has 0 radical (unpaired) electrons. The molecule has 0 fully saturated rings. The Morgan fingerprint density at radius 1 is 1.38 bits per heavy atom. The number of hydrogen-bond donors (Lipinski definition) is 1. The van der Waals surface area contributed by atoms with Crippen LogP contribution in [0, 0.1) is 19.7 Å². The highest BCUT2D eigenvalue weighted by atomic mass is 32.1. The maximum atomic E-state index is 13.5. The number of aliphatic hydroxyl groups excluding tert-OH is 1. The molecule has 1 atom stereocenters. The van der Waals surface area contributed by atoms with Gasteiger partial charge in [-0.1, -0.05) is 12.1 Å². The molecule has 2 aromatic rings. The summed E-state index contributed by atoms with van der Waals surface area (Å²) in [5, 5.41) is 10.2. The Morgan fingerprint density at radius 3 is 2.76 bits per heavy atom. The molecular formula is C16H21FN2OS. The van der Waals surface area contributed by atoms with Gasteiger partial charge in [0.15, 0.2) is 0 Å². The fraction of sp³-hybridized carbons (Fsp3) is 0.438. The third kappa shape index (κ3) is 4.33. The number of benzene rings is 1. The lowest BCUT2D eigenvalue weighted by molar-refractivity contribution is 0.147. The predicted octanol–water partition coefficient (Wildman–Crippen LogP) is 3.45. The molecule has 0 saturated carbocycles. The number of aromatic nitrogens is 1. The molecule has 21 heavy (non-hydrogen) atoms. The van der Waals surface area contributed by atoms with Gasteiger partial charge in [0.1, 0.15) is 5.82 Å². The molecule has 1 aromatic carbocycles. The second kappa shape index (κ2) is 7.11. The third-order valence-electron chi connectivity index (χ3n) is 3.62. The summed E-state index contributed by atoms with van der Waals surface area (Å²) in [5.74, 6) is -0.264. The smallest absolute Gasteiger partial charge is 0.126 e. The Hall–Kier alpha value is -1.30. The van der Waals surface area contributed by atoms with Crippen molar-refractivity contribution >= 4 is 11.3 Å². The lowest BCUT2D eigenvalue weighted by Crippen LogP contribution is -2.21. The van der Waals surface area contributed by atoms with Crippen LogP contribution in [0.5, 0.6) is 0 Å². The molecule has 5 heteroatoms. The summed E-state index contributed by atoms with van der Waals surface area (Å²) in [5.41, 5.74) is 4.15. The van der Waals surface area contributed by atoms with Gasteiger partial charge in [-0.2, -0.15) is 0 Å². The van der Waals surface area contributed by atoms with Gasteiger partial charge in [-0.25, -0.2) is 9.37 Å². The molecular weight excluding hydrogens is 287 g/mol. The molecule has 0 aliphatic carbocycles. The SMILES string of the molecule is Cc1ccc(C(O)CCN(C)Cc2scnc2C)cc1F. The fourth-order valence-electron chi connectivity index (χ4n) is 2.13. The maximum absolute atomic E-state index is 13.5. The van der Waals surface area contributed by atoms with E-state index in [1.165, 1.54) is 10.9 Å². The van der Waals surface area contributed by atoms with E-state index in [4.69, 9.17) is 0 Å². The van der Waals surface area contributed by atoms with Crippen LogP contribution in [0.1, 0.15) is 34.2 Å². The first-order valence-corrected chi connectivity index (χ1v) is 7.87. The Labute approximate surface area is 129 Å². The summed E-state index contributed by atoms with van der Waals surface area (Å²) in [7, 11) is 2.02. The van der Waals surface area contributed by atoms with E-state index in [1.54, 1.807) is 30.4 Å². The molecule has 0 aliphatic rings. The van der Waals surface area contributed by atoms with E-state index >= 15 is 0 Å². The highest BCUT2D eigenvalue weighted by Gasteiger charge is 2.12. The first-order valence-electron chi connectivity index (χ1n) is 6.99. The van der Waals surface area contributed by atoms with Crippen LogP contribution < -0.4 is 0 Å². The molecule has 2 rings (SSSR count). The number of rotatable bonds is 6. The minimum absolute atomic E-state index is 0.264. The predicted molar refractivity (Wildman–Crippen MR) is 83.9 cm³/mol. The molecule has 3 nitrogen and oxygen atoms in total. The average molecular weight is 308 g/mol.